The Kier molecular flexibility index (Phi) is 3.65. The zero-order valence-corrected chi connectivity index (χ0v) is 10.5. The maximum absolute atomic E-state index is 12.2. The molecule has 0 spiro atoms. The van der Waals surface area contributed by atoms with Gasteiger partial charge in [-0.15, -0.1) is 0 Å². The van der Waals surface area contributed by atoms with Gasteiger partial charge in [-0.2, -0.15) is 0 Å². The third kappa shape index (κ3) is 2.37. The molecule has 0 aliphatic heterocycles. The molecule has 1 aliphatic rings. The van der Waals surface area contributed by atoms with Crippen LogP contribution in [-0.4, -0.2) is 15.6 Å². The van der Waals surface area contributed by atoms with Crippen LogP contribution in [0.25, 0.3) is 6.08 Å². The van der Waals surface area contributed by atoms with E-state index in [1.165, 1.54) is 11.6 Å². The quantitative estimate of drug-likeness (QED) is 0.829. The molecule has 0 saturated carbocycles. The Labute approximate surface area is 106 Å². The van der Waals surface area contributed by atoms with Crippen molar-refractivity contribution < 1.29 is 9.90 Å². The molecule has 4 nitrogen and oxygen atoms in total. The van der Waals surface area contributed by atoms with Crippen LogP contribution in [0, 0.1) is 0 Å². The maximum atomic E-state index is 12.2. The van der Waals surface area contributed by atoms with E-state index in [1.807, 2.05) is 13.0 Å². The molecule has 1 heterocycles. The number of pyridine rings is 1. The van der Waals surface area contributed by atoms with Gasteiger partial charge in [-0.1, -0.05) is 0 Å². The number of hydrogen-bond donors (Lipinski definition) is 1. The summed E-state index contributed by atoms with van der Waals surface area (Å²) in [6.45, 7) is 2.58. The van der Waals surface area contributed by atoms with Crippen LogP contribution in [0.3, 0.4) is 0 Å². The molecule has 4 heteroatoms. The monoisotopic (exact) mass is 247 g/mol. The minimum absolute atomic E-state index is 0.0874. The SMILES string of the molecule is CCn1c2c(cc(/C=C/C(=O)O)c1=O)CCCC2. The van der Waals surface area contributed by atoms with Gasteiger partial charge in [0.15, 0.2) is 0 Å². The lowest BCUT2D eigenvalue weighted by atomic mass is 9.94. The highest BCUT2D eigenvalue weighted by atomic mass is 16.4. The van der Waals surface area contributed by atoms with E-state index in [2.05, 4.69) is 0 Å². The lowest BCUT2D eigenvalue weighted by Crippen LogP contribution is -2.27. The van der Waals surface area contributed by atoms with Gasteiger partial charge in [0.2, 0.25) is 0 Å². The van der Waals surface area contributed by atoms with Crippen LogP contribution < -0.4 is 5.56 Å². The molecule has 1 N–H and O–H groups in total. The molecule has 0 unspecified atom stereocenters. The van der Waals surface area contributed by atoms with Crippen molar-refractivity contribution in [3.63, 3.8) is 0 Å². The van der Waals surface area contributed by atoms with E-state index in [4.69, 9.17) is 5.11 Å². The number of hydrogen-bond acceptors (Lipinski definition) is 2. The van der Waals surface area contributed by atoms with Crippen molar-refractivity contribution in [3.05, 3.63) is 39.3 Å². The van der Waals surface area contributed by atoms with Crippen LogP contribution in [0.4, 0.5) is 0 Å². The molecule has 0 aromatic carbocycles. The molecule has 0 saturated heterocycles. The molecule has 0 atom stereocenters. The first-order chi connectivity index (χ1) is 8.63. The van der Waals surface area contributed by atoms with Gasteiger partial charge in [-0.25, -0.2) is 4.79 Å². The van der Waals surface area contributed by atoms with Crippen molar-refractivity contribution in [1.29, 1.82) is 0 Å². The fourth-order valence-electron chi connectivity index (χ4n) is 2.52. The lowest BCUT2D eigenvalue weighted by Gasteiger charge is -2.21. The Balaban J connectivity index is 2.55. The van der Waals surface area contributed by atoms with Gasteiger partial charge < -0.3 is 9.67 Å². The number of fused-ring (bicyclic) bond motifs is 1. The average Bonchev–Trinajstić information content (AvgIpc) is 2.36. The third-order valence-corrected chi connectivity index (χ3v) is 3.35. The van der Waals surface area contributed by atoms with Crippen molar-refractivity contribution in [3.8, 4) is 0 Å². The summed E-state index contributed by atoms with van der Waals surface area (Å²) in [4.78, 5) is 22.7. The maximum Gasteiger partial charge on any atom is 0.328 e. The largest absolute Gasteiger partial charge is 0.478 e. The number of carboxylic acids is 1. The zero-order valence-electron chi connectivity index (χ0n) is 10.5. The summed E-state index contributed by atoms with van der Waals surface area (Å²) in [5.41, 5.74) is 2.70. The molecule has 1 aromatic rings. The van der Waals surface area contributed by atoms with Gasteiger partial charge in [0, 0.05) is 23.9 Å². The average molecular weight is 247 g/mol. The predicted molar refractivity (Wildman–Crippen MR) is 69.7 cm³/mol. The van der Waals surface area contributed by atoms with Gasteiger partial charge in [0.1, 0.15) is 0 Å². The molecule has 2 rings (SSSR count). The summed E-state index contributed by atoms with van der Waals surface area (Å²) >= 11 is 0. The molecule has 0 bridgehead atoms. The molecule has 1 aromatic heterocycles. The van der Waals surface area contributed by atoms with Gasteiger partial charge in [-0.05, 0) is 50.3 Å². The summed E-state index contributed by atoms with van der Waals surface area (Å²) in [5.74, 6) is -1.03. The topological polar surface area (TPSA) is 59.3 Å². The first-order valence-electron chi connectivity index (χ1n) is 6.30. The summed E-state index contributed by atoms with van der Waals surface area (Å²) in [6.07, 6.45) is 6.59. The standard InChI is InChI=1S/C14H17NO3/c1-2-15-12-6-4-3-5-10(12)9-11(14(15)18)7-8-13(16)17/h7-9H,2-6H2,1H3,(H,16,17)/b8-7+. The number of aliphatic carboxylic acids is 1. The van der Waals surface area contributed by atoms with Crippen LogP contribution in [0.15, 0.2) is 16.9 Å². The second-order valence-corrected chi connectivity index (χ2v) is 4.50. The number of carboxylic acid groups (broad SMARTS) is 1. The van der Waals surface area contributed by atoms with Crippen LogP contribution >= 0.6 is 0 Å². The smallest absolute Gasteiger partial charge is 0.328 e. The van der Waals surface area contributed by atoms with Crippen molar-refractivity contribution in [2.75, 3.05) is 0 Å². The molecule has 1 aliphatic carbocycles. The Morgan fingerprint density at radius 1 is 1.44 bits per heavy atom. The second-order valence-electron chi connectivity index (χ2n) is 4.50. The first-order valence-corrected chi connectivity index (χ1v) is 6.30. The number of aryl methyl sites for hydroxylation is 1. The normalized spacial score (nSPS) is 14.7. The Bertz CT molecular complexity index is 555. The van der Waals surface area contributed by atoms with E-state index >= 15 is 0 Å². The van der Waals surface area contributed by atoms with E-state index in [1.54, 1.807) is 4.57 Å². The highest BCUT2D eigenvalue weighted by Gasteiger charge is 2.15. The number of aromatic nitrogens is 1. The molecule has 96 valence electrons. The van der Waals surface area contributed by atoms with Crippen molar-refractivity contribution >= 4 is 12.0 Å². The van der Waals surface area contributed by atoms with Gasteiger partial charge >= 0.3 is 5.97 Å². The van der Waals surface area contributed by atoms with E-state index < -0.39 is 5.97 Å². The van der Waals surface area contributed by atoms with Crippen molar-refractivity contribution in [1.82, 2.24) is 4.57 Å². The minimum atomic E-state index is -1.03. The molecular formula is C14H17NO3. The summed E-state index contributed by atoms with van der Waals surface area (Å²) in [5, 5.41) is 8.63. The summed E-state index contributed by atoms with van der Waals surface area (Å²) in [7, 11) is 0. The van der Waals surface area contributed by atoms with Gasteiger partial charge in [0.05, 0.1) is 0 Å². The van der Waals surface area contributed by atoms with Crippen LogP contribution in [-0.2, 0) is 24.2 Å². The summed E-state index contributed by atoms with van der Waals surface area (Å²) in [6, 6.07) is 1.85. The fourth-order valence-corrected chi connectivity index (χ4v) is 2.52. The van der Waals surface area contributed by atoms with Crippen molar-refractivity contribution in [2.45, 2.75) is 39.2 Å². The fraction of sp³-hybridized carbons (Fsp3) is 0.429. The Hall–Kier alpha value is -1.84. The number of nitrogens with zero attached hydrogens (tertiary/aromatic N) is 1. The first kappa shape index (κ1) is 12.6. The molecule has 0 radical (unpaired) electrons. The highest BCUT2D eigenvalue weighted by Crippen LogP contribution is 2.21. The number of carbonyl (C=O) groups is 1. The van der Waals surface area contributed by atoms with Crippen LogP contribution in [0.5, 0.6) is 0 Å². The highest BCUT2D eigenvalue weighted by molar-refractivity contribution is 5.85. The van der Waals surface area contributed by atoms with Crippen LogP contribution in [0.2, 0.25) is 0 Å². The Morgan fingerprint density at radius 2 is 2.17 bits per heavy atom. The minimum Gasteiger partial charge on any atom is -0.478 e. The molecule has 0 amide bonds. The Morgan fingerprint density at radius 3 is 2.83 bits per heavy atom. The molecular weight excluding hydrogens is 230 g/mol. The second kappa shape index (κ2) is 5.21. The van der Waals surface area contributed by atoms with Gasteiger partial charge in [0.25, 0.3) is 5.56 Å². The van der Waals surface area contributed by atoms with Crippen LogP contribution in [0.1, 0.15) is 36.6 Å². The predicted octanol–water partition coefficient (Wildman–Crippen LogP) is 1.84. The number of rotatable bonds is 3. The van der Waals surface area contributed by atoms with E-state index in [0.29, 0.717) is 12.1 Å². The zero-order chi connectivity index (χ0) is 13.1. The third-order valence-electron chi connectivity index (χ3n) is 3.35. The van der Waals surface area contributed by atoms with E-state index in [9.17, 15) is 9.59 Å². The molecule has 0 fully saturated rings. The summed E-state index contributed by atoms with van der Waals surface area (Å²) < 4.78 is 1.77. The van der Waals surface area contributed by atoms with E-state index in [-0.39, 0.29) is 5.56 Å². The van der Waals surface area contributed by atoms with Gasteiger partial charge in [-0.3, -0.25) is 4.79 Å². The molecule has 18 heavy (non-hydrogen) atoms. The van der Waals surface area contributed by atoms with Crippen molar-refractivity contribution in [2.24, 2.45) is 0 Å². The lowest BCUT2D eigenvalue weighted by molar-refractivity contribution is -0.131. The van der Waals surface area contributed by atoms with E-state index in [0.717, 1.165) is 37.5 Å².